The molecule has 258 valence electrons. The van der Waals surface area contributed by atoms with Gasteiger partial charge in [-0.15, -0.1) is 0 Å². The molecule has 0 spiro atoms. The Labute approximate surface area is 290 Å². The summed E-state index contributed by atoms with van der Waals surface area (Å²) in [6, 6.07) is 18.5. The lowest BCUT2D eigenvalue weighted by atomic mass is 9.78. The molecule has 5 atom stereocenters. The topological polar surface area (TPSA) is 92.3 Å². The molecule has 0 bridgehead atoms. The molecule has 0 saturated carbocycles. The number of hydrogen-bond donors (Lipinski definition) is 0. The van der Waals surface area contributed by atoms with E-state index in [1.165, 1.54) is 11.1 Å². The first-order valence-electron chi connectivity index (χ1n) is 16.2. The molecule has 2 aromatic carbocycles. The summed E-state index contributed by atoms with van der Waals surface area (Å²) in [6.07, 6.45) is 1.71. The maximum Gasteiger partial charge on any atom is 0.342 e. The number of ether oxygens (including phenoxy) is 2. The van der Waals surface area contributed by atoms with Crippen LogP contribution in [0.3, 0.4) is 0 Å². The van der Waals surface area contributed by atoms with Crippen molar-refractivity contribution in [1.82, 2.24) is 0 Å². The van der Waals surface area contributed by atoms with Crippen LogP contribution in [0.15, 0.2) is 48.5 Å². The van der Waals surface area contributed by atoms with Gasteiger partial charge in [-0.3, -0.25) is 0 Å². The van der Waals surface area contributed by atoms with Gasteiger partial charge in [-0.25, -0.2) is 0 Å². The van der Waals surface area contributed by atoms with Crippen molar-refractivity contribution in [2.75, 3.05) is 13.2 Å². The zero-order chi connectivity index (χ0) is 33.4. The fraction of sp³-hybridized carbons (Fsp3) is 0.571. The Bertz CT molecular complexity index is 1200. The van der Waals surface area contributed by atoms with Crippen LogP contribution in [-0.4, -0.2) is 76.8 Å². The average molecular weight is 777 g/mol. The van der Waals surface area contributed by atoms with Gasteiger partial charge in [0.25, 0.3) is 37.1 Å². The molecule has 46 heavy (non-hydrogen) atoms. The molecular formula is C28H52O10SSi7. The minimum absolute atomic E-state index is 0.175. The van der Waals surface area contributed by atoms with Gasteiger partial charge in [0.1, 0.15) is 23.8 Å². The molecule has 10 nitrogen and oxygen atoms in total. The summed E-state index contributed by atoms with van der Waals surface area (Å²) < 4.78 is 60.8. The van der Waals surface area contributed by atoms with Gasteiger partial charge in [0.05, 0.1) is 13.2 Å². The van der Waals surface area contributed by atoms with Gasteiger partial charge in [0.15, 0.2) is 0 Å². The monoisotopic (exact) mass is 776 g/mol. The highest BCUT2D eigenvalue weighted by molar-refractivity contribution is 7.91. The van der Waals surface area contributed by atoms with Crippen LogP contribution < -0.4 is 9.47 Å². The van der Waals surface area contributed by atoms with E-state index in [0.29, 0.717) is 13.2 Å². The fourth-order valence-corrected chi connectivity index (χ4v) is 30.3. The van der Waals surface area contributed by atoms with Gasteiger partial charge in [-0.1, -0.05) is 38.1 Å². The maximum absolute atomic E-state index is 6.38. The van der Waals surface area contributed by atoms with E-state index in [0.717, 1.165) is 48.8 Å². The van der Waals surface area contributed by atoms with Crippen LogP contribution in [0.5, 0.6) is 11.5 Å². The SMILES string of the molecule is C[SiH]1OSO[Si](C)(CCCOc2ccc(C(C)(C)c3ccc(OCCC[Si]4(C)O[SiH](C)O[SiH](C)O[SiH](C)O4)cc3)cc2)O[SiH](C)O1. The van der Waals surface area contributed by atoms with Gasteiger partial charge in [0, 0.05) is 5.41 Å². The third-order valence-electron chi connectivity index (χ3n) is 8.02. The van der Waals surface area contributed by atoms with Crippen LogP contribution in [0.4, 0.5) is 0 Å². The van der Waals surface area contributed by atoms with Crippen molar-refractivity contribution in [1.29, 1.82) is 0 Å². The van der Waals surface area contributed by atoms with Crippen molar-refractivity contribution in [3.63, 3.8) is 0 Å². The lowest BCUT2D eigenvalue weighted by Gasteiger charge is -2.37. The summed E-state index contributed by atoms with van der Waals surface area (Å²) in [4.78, 5) is 0. The maximum atomic E-state index is 6.38. The zero-order valence-electron chi connectivity index (χ0n) is 28.7. The summed E-state index contributed by atoms with van der Waals surface area (Å²) in [5.74, 6) is 1.72. The van der Waals surface area contributed by atoms with Gasteiger partial charge in [-0.05, 0) is 106 Å². The van der Waals surface area contributed by atoms with Crippen LogP contribution in [-0.2, 0) is 37.9 Å². The molecule has 0 amide bonds. The Morgan fingerprint density at radius 3 is 1.50 bits per heavy atom. The van der Waals surface area contributed by atoms with Crippen molar-refractivity contribution in [3.05, 3.63) is 59.7 Å². The smallest absolute Gasteiger partial charge is 0.342 e. The molecule has 2 aromatic rings. The van der Waals surface area contributed by atoms with Gasteiger partial charge in [-0.2, -0.15) is 0 Å². The first-order valence-corrected chi connectivity index (χ1v) is 32.4. The van der Waals surface area contributed by atoms with Crippen LogP contribution in [0.25, 0.3) is 0 Å². The molecule has 2 saturated heterocycles. The van der Waals surface area contributed by atoms with Crippen molar-refractivity contribution in [2.24, 2.45) is 0 Å². The Morgan fingerprint density at radius 2 is 1.02 bits per heavy atom. The third kappa shape index (κ3) is 11.9. The third-order valence-corrected chi connectivity index (χ3v) is 32.8. The van der Waals surface area contributed by atoms with E-state index in [9.17, 15) is 0 Å². The molecule has 0 N–H and O–H groups in total. The van der Waals surface area contributed by atoms with E-state index in [1.807, 2.05) is 13.1 Å². The Hall–Kier alpha value is -0.412. The lowest BCUT2D eigenvalue weighted by molar-refractivity contribution is 0.266. The molecular weight excluding hydrogens is 725 g/mol. The first kappa shape index (κ1) is 38.4. The Kier molecular flexibility index (Phi) is 14.6. The molecule has 2 fully saturated rings. The van der Waals surface area contributed by atoms with Crippen LogP contribution in [0.2, 0.25) is 57.9 Å². The summed E-state index contributed by atoms with van der Waals surface area (Å²) in [5.41, 5.74) is 2.26. The standard InChI is InChI=1S/C28H52O10SSi7/c1-28(2,24-12-16-26(17-13-24)29-20-10-22-45(8)32-39-31-40(3)33-42(5)36-45)25-14-18-27(19-15-25)30-21-11-23-46(9)37-43(6)34-41(4)35-44(7)38-46/h12-19,40-44H,10-11,20-23H2,1-9H3. The van der Waals surface area contributed by atoms with Crippen molar-refractivity contribution in [3.8, 4) is 11.5 Å². The van der Waals surface area contributed by atoms with E-state index in [4.69, 9.17) is 41.9 Å². The summed E-state index contributed by atoms with van der Waals surface area (Å²) >= 11 is 1.05. The van der Waals surface area contributed by atoms with E-state index in [-0.39, 0.29) is 5.41 Å². The normalized spacial score (nSPS) is 31.3. The molecule has 0 aliphatic carbocycles. The van der Waals surface area contributed by atoms with Crippen molar-refractivity contribution >= 4 is 75.9 Å². The Morgan fingerprint density at radius 1 is 0.609 bits per heavy atom. The number of hydrogen-bond acceptors (Lipinski definition) is 11. The van der Waals surface area contributed by atoms with Crippen molar-refractivity contribution in [2.45, 2.75) is 90.0 Å². The van der Waals surface area contributed by atoms with Crippen molar-refractivity contribution < 1.29 is 41.9 Å². The fourth-order valence-electron chi connectivity index (χ4n) is 5.68. The average Bonchev–Trinajstić information content (AvgIpc) is 2.96. The van der Waals surface area contributed by atoms with Crippen LogP contribution in [0, 0.1) is 0 Å². The van der Waals surface area contributed by atoms with E-state index < -0.39 is 63.5 Å². The highest BCUT2D eigenvalue weighted by Crippen LogP contribution is 2.34. The van der Waals surface area contributed by atoms with E-state index >= 15 is 0 Å². The summed E-state index contributed by atoms with van der Waals surface area (Å²) in [7, 11) is -13.2. The first-order chi connectivity index (χ1) is 21.8. The molecule has 4 rings (SSSR count). The summed E-state index contributed by atoms with van der Waals surface area (Å²) in [6.45, 7) is 20.1. The molecule has 0 radical (unpaired) electrons. The summed E-state index contributed by atoms with van der Waals surface area (Å²) in [5, 5.41) is 0. The number of rotatable bonds is 12. The predicted octanol–water partition coefficient (Wildman–Crippen LogP) is 5.67. The zero-order valence-corrected chi connectivity index (χ0v) is 37.3. The van der Waals surface area contributed by atoms with Gasteiger partial charge in [0.2, 0.25) is 0 Å². The quantitative estimate of drug-likeness (QED) is 0.152. The second kappa shape index (κ2) is 17.5. The number of benzene rings is 2. The van der Waals surface area contributed by atoms with E-state index in [1.54, 1.807) is 0 Å². The second-order valence-electron chi connectivity index (χ2n) is 12.7. The highest BCUT2D eigenvalue weighted by atomic mass is 32.2. The molecule has 2 heterocycles. The highest BCUT2D eigenvalue weighted by Gasteiger charge is 2.39. The lowest BCUT2D eigenvalue weighted by Crippen LogP contribution is -2.53. The van der Waals surface area contributed by atoms with Crippen LogP contribution >= 0.6 is 12.3 Å². The minimum atomic E-state index is -2.36. The molecule has 5 unspecified atom stereocenters. The predicted molar refractivity (Wildman–Crippen MR) is 199 cm³/mol. The molecule has 2 aliphatic heterocycles. The molecule has 18 heteroatoms. The second-order valence-corrected chi connectivity index (χ2v) is 31.6. The van der Waals surface area contributed by atoms with Gasteiger partial charge >= 0.3 is 26.4 Å². The van der Waals surface area contributed by atoms with E-state index in [2.05, 4.69) is 95.1 Å². The minimum Gasteiger partial charge on any atom is -0.494 e. The molecule has 0 aromatic heterocycles. The molecule has 2 aliphatic rings. The Balaban J connectivity index is 1.21. The largest absolute Gasteiger partial charge is 0.494 e. The van der Waals surface area contributed by atoms with Gasteiger partial charge < -0.3 is 41.9 Å². The van der Waals surface area contributed by atoms with Crippen LogP contribution in [0.1, 0.15) is 37.8 Å².